The molecule has 0 fully saturated rings. The van der Waals surface area contributed by atoms with Crippen molar-refractivity contribution >= 4 is 11.6 Å². The molecule has 0 amide bonds. The molecule has 13 heavy (non-hydrogen) atoms. The standard InChI is InChI=1S/C10H13ClFN/c1-2-13-7-6-8-4-3-5-9(11)10(8)12/h3-5,13H,2,6-7H2,1H3. The van der Waals surface area contributed by atoms with Crippen molar-refractivity contribution in [1.29, 1.82) is 0 Å². The van der Waals surface area contributed by atoms with Crippen molar-refractivity contribution in [3.05, 3.63) is 34.6 Å². The molecule has 72 valence electrons. The van der Waals surface area contributed by atoms with Crippen LogP contribution in [-0.2, 0) is 6.42 Å². The van der Waals surface area contributed by atoms with Gasteiger partial charge in [-0.25, -0.2) is 4.39 Å². The average molecular weight is 202 g/mol. The molecule has 0 aromatic heterocycles. The van der Waals surface area contributed by atoms with Crippen LogP contribution < -0.4 is 5.32 Å². The molecule has 1 aromatic rings. The maximum absolute atomic E-state index is 13.3. The molecule has 0 saturated heterocycles. The molecule has 1 nitrogen and oxygen atoms in total. The zero-order valence-electron chi connectivity index (χ0n) is 7.61. The molecule has 0 aliphatic carbocycles. The second-order valence-electron chi connectivity index (χ2n) is 2.82. The molecule has 0 spiro atoms. The van der Waals surface area contributed by atoms with Gasteiger partial charge in [-0.2, -0.15) is 0 Å². The van der Waals surface area contributed by atoms with Gasteiger partial charge in [-0.15, -0.1) is 0 Å². The SMILES string of the molecule is CCNCCc1cccc(Cl)c1F. The van der Waals surface area contributed by atoms with Gasteiger partial charge in [-0.1, -0.05) is 30.7 Å². The van der Waals surface area contributed by atoms with Crippen LogP contribution in [0, 0.1) is 5.82 Å². The molecule has 1 rings (SSSR count). The summed E-state index contributed by atoms with van der Waals surface area (Å²) in [5.41, 5.74) is 0.674. The molecule has 0 saturated carbocycles. The smallest absolute Gasteiger partial charge is 0.145 e. The molecule has 0 aliphatic heterocycles. The van der Waals surface area contributed by atoms with Gasteiger partial charge in [0.25, 0.3) is 0 Å². The molecule has 0 aliphatic rings. The first-order valence-electron chi connectivity index (χ1n) is 4.39. The van der Waals surface area contributed by atoms with Crippen molar-refractivity contribution in [3.63, 3.8) is 0 Å². The first-order valence-corrected chi connectivity index (χ1v) is 4.77. The van der Waals surface area contributed by atoms with Crippen LogP contribution in [0.3, 0.4) is 0 Å². The van der Waals surface area contributed by atoms with Crippen LogP contribution in [0.25, 0.3) is 0 Å². The fourth-order valence-corrected chi connectivity index (χ4v) is 1.34. The zero-order chi connectivity index (χ0) is 9.68. The maximum Gasteiger partial charge on any atom is 0.145 e. The predicted molar refractivity (Wildman–Crippen MR) is 53.7 cm³/mol. The quantitative estimate of drug-likeness (QED) is 0.739. The van der Waals surface area contributed by atoms with Crippen molar-refractivity contribution < 1.29 is 4.39 Å². The number of nitrogens with one attached hydrogen (secondary N) is 1. The van der Waals surface area contributed by atoms with Crippen LogP contribution in [0.1, 0.15) is 12.5 Å². The van der Waals surface area contributed by atoms with E-state index in [1.165, 1.54) is 0 Å². The van der Waals surface area contributed by atoms with Crippen molar-refractivity contribution in [3.8, 4) is 0 Å². The van der Waals surface area contributed by atoms with Gasteiger partial charge in [0.15, 0.2) is 0 Å². The monoisotopic (exact) mass is 201 g/mol. The summed E-state index contributed by atoms with van der Waals surface area (Å²) >= 11 is 5.63. The summed E-state index contributed by atoms with van der Waals surface area (Å²) in [7, 11) is 0. The zero-order valence-corrected chi connectivity index (χ0v) is 8.37. The number of likely N-dealkylation sites (N-methyl/N-ethyl adjacent to an activating group) is 1. The first-order chi connectivity index (χ1) is 6.25. The minimum atomic E-state index is -0.290. The van der Waals surface area contributed by atoms with E-state index >= 15 is 0 Å². The van der Waals surface area contributed by atoms with E-state index in [0.717, 1.165) is 13.1 Å². The van der Waals surface area contributed by atoms with Crippen LogP contribution in [-0.4, -0.2) is 13.1 Å². The average Bonchev–Trinajstić information content (AvgIpc) is 2.13. The third-order valence-electron chi connectivity index (χ3n) is 1.85. The Bertz CT molecular complexity index is 276. The Kier molecular flexibility index (Phi) is 4.19. The van der Waals surface area contributed by atoms with Crippen LogP contribution in [0.5, 0.6) is 0 Å². The van der Waals surface area contributed by atoms with Crippen molar-refractivity contribution in [2.45, 2.75) is 13.3 Å². The normalized spacial score (nSPS) is 10.4. The number of halogens is 2. The van der Waals surface area contributed by atoms with E-state index in [9.17, 15) is 4.39 Å². The van der Waals surface area contributed by atoms with Gasteiger partial charge in [0.1, 0.15) is 5.82 Å². The lowest BCUT2D eigenvalue weighted by molar-refractivity contribution is 0.601. The van der Waals surface area contributed by atoms with Crippen molar-refractivity contribution in [2.24, 2.45) is 0 Å². The highest BCUT2D eigenvalue weighted by atomic mass is 35.5. The minimum absolute atomic E-state index is 0.203. The molecular weight excluding hydrogens is 189 g/mol. The van der Waals surface area contributed by atoms with Gasteiger partial charge in [0, 0.05) is 0 Å². The van der Waals surface area contributed by atoms with E-state index in [1.54, 1.807) is 18.2 Å². The summed E-state index contributed by atoms with van der Waals surface area (Å²) in [5.74, 6) is -0.290. The molecule has 0 radical (unpaired) electrons. The topological polar surface area (TPSA) is 12.0 Å². The molecule has 0 heterocycles. The fourth-order valence-electron chi connectivity index (χ4n) is 1.14. The largest absolute Gasteiger partial charge is 0.317 e. The van der Waals surface area contributed by atoms with Crippen LogP contribution >= 0.6 is 11.6 Å². The summed E-state index contributed by atoms with van der Waals surface area (Å²) in [6, 6.07) is 5.10. The fraction of sp³-hybridized carbons (Fsp3) is 0.400. The molecule has 0 unspecified atom stereocenters. The Balaban J connectivity index is 2.61. The van der Waals surface area contributed by atoms with Crippen molar-refractivity contribution in [1.82, 2.24) is 5.32 Å². The van der Waals surface area contributed by atoms with Gasteiger partial charge < -0.3 is 5.32 Å². The van der Waals surface area contributed by atoms with E-state index in [-0.39, 0.29) is 10.8 Å². The molecule has 3 heteroatoms. The first kappa shape index (κ1) is 10.5. The van der Waals surface area contributed by atoms with Crippen LogP contribution in [0.2, 0.25) is 5.02 Å². The van der Waals surface area contributed by atoms with Crippen molar-refractivity contribution in [2.75, 3.05) is 13.1 Å². The van der Waals surface area contributed by atoms with E-state index in [1.807, 2.05) is 6.92 Å². The molecule has 1 N–H and O–H groups in total. The Morgan fingerprint density at radius 2 is 2.23 bits per heavy atom. The lowest BCUT2D eigenvalue weighted by Crippen LogP contribution is -2.16. The number of benzene rings is 1. The highest BCUT2D eigenvalue weighted by Gasteiger charge is 2.04. The lowest BCUT2D eigenvalue weighted by Gasteiger charge is -2.04. The maximum atomic E-state index is 13.3. The van der Waals surface area contributed by atoms with Crippen LogP contribution in [0.15, 0.2) is 18.2 Å². The van der Waals surface area contributed by atoms with Gasteiger partial charge in [0.2, 0.25) is 0 Å². The van der Waals surface area contributed by atoms with Gasteiger partial charge in [-0.05, 0) is 31.1 Å². The number of hydrogen-bond donors (Lipinski definition) is 1. The van der Waals surface area contributed by atoms with Gasteiger partial charge in [-0.3, -0.25) is 0 Å². The molecule has 0 bridgehead atoms. The summed E-state index contributed by atoms with van der Waals surface area (Å²) in [4.78, 5) is 0. The van der Waals surface area contributed by atoms with E-state index in [2.05, 4.69) is 5.32 Å². The summed E-state index contributed by atoms with van der Waals surface area (Å²) < 4.78 is 13.3. The second-order valence-corrected chi connectivity index (χ2v) is 3.22. The van der Waals surface area contributed by atoms with Gasteiger partial charge >= 0.3 is 0 Å². The Hall–Kier alpha value is -0.600. The Morgan fingerprint density at radius 3 is 2.92 bits per heavy atom. The lowest BCUT2D eigenvalue weighted by atomic mass is 10.1. The number of rotatable bonds is 4. The third kappa shape index (κ3) is 2.98. The summed E-state index contributed by atoms with van der Waals surface area (Å²) in [6.45, 7) is 3.71. The highest BCUT2D eigenvalue weighted by Crippen LogP contribution is 2.17. The summed E-state index contributed by atoms with van der Waals surface area (Å²) in [6.07, 6.45) is 0.681. The summed E-state index contributed by atoms with van der Waals surface area (Å²) in [5, 5.41) is 3.34. The number of hydrogen-bond acceptors (Lipinski definition) is 1. The minimum Gasteiger partial charge on any atom is -0.317 e. The van der Waals surface area contributed by atoms with E-state index in [4.69, 9.17) is 11.6 Å². The Morgan fingerprint density at radius 1 is 1.46 bits per heavy atom. The van der Waals surface area contributed by atoms with Gasteiger partial charge in [0.05, 0.1) is 5.02 Å². The van der Waals surface area contributed by atoms with E-state index in [0.29, 0.717) is 12.0 Å². The second kappa shape index (κ2) is 5.20. The molecule has 0 atom stereocenters. The predicted octanol–water partition coefficient (Wildman–Crippen LogP) is 2.63. The van der Waals surface area contributed by atoms with Crippen LogP contribution in [0.4, 0.5) is 4.39 Å². The molecule has 1 aromatic carbocycles. The molecular formula is C10H13ClFN. The van der Waals surface area contributed by atoms with E-state index < -0.39 is 0 Å². The highest BCUT2D eigenvalue weighted by molar-refractivity contribution is 6.30. The Labute approximate surface area is 82.9 Å². The third-order valence-corrected chi connectivity index (χ3v) is 2.14.